The molecule has 158 valence electrons. The number of methoxy groups -OCH3 is 1. The second kappa shape index (κ2) is 9.84. The Morgan fingerprint density at radius 2 is 2.17 bits per heavy atom. The molecule has 29 heavy (non-hydrogen) atoms. The number of hydrogen-bond donors (Lipinski definition) is 2. The summed E-state index contributed by atoms with van der Waals surface area (Å²) >= 11 is 0. The third-order valence-corrected chi connectivity index (χ3v) is 5.47. The summed E-state index contributed by atoms with van der Waals surface area (Å²) in [6.45, 7) is 7.49. The predicted molar refractivity (Wildman–Crippen MR) is 110 cm³/mol. The van der Waals surface area contributed by atoms with E-state index in [-0.39, 0.29) is 18.6 Å². The Kier molecular flexibility index (Phi) is 7.22. The maximum Gasteiger partial charge on any atom is 0.273 e. The van der Waals surface area contributed by atoms with Crippen molar-refractivity contribution >= 4 is 5.91 Å². The topological polar surface area (TPSA) is 92.5 Å². The molecular weight excluding hydrogens is 370 g/mol. The van der Waals surface area contributed by atoms with E-state index in [0.29, 0.717) is 18.7 Å². The maximum atomic E-state index is 12.1. The first kappa shape index (κ1) is 21.3. The Morgan fingerprint density at radius 3 is 2.93 bits per heavy atom. The molecule has 1 saturated heterocycles. The second-order valence-corrected chi connectivity index (χ2v) is 7.70. The molecule has 1 aliphatic rings. The number of aliphatic hydroxyl groups is 1. The molecule has 8 heteroatoms. The van der Waals surface area contributed by atoms with Crippen molar-refractivity contribution in [3.05, 3.63) is 40.7 Å². The quantitative estimate of drug-likeness (QED) is 0.656. The van der Waals surface area contributed by atoms with Crippen LogP contribution in [-0.4, -0.2) is 64.3 Å². The van der Waals surface area contributed by atoms with Gasteiger partial charge in [0.25, 0.3) is 5.91 Å². The predicted octanol–water partition coefficient (Wildman–Crippen LogP) is 1.85. The molecule has 0 unspecified atom stereocenters. The fraction of sp³-hybridized carbons (Fsp3) is 0.571. The fourth-order valence-electron chi connectivity index (χ4n) is 3.80. The van der Waals surface area contributed by atoms with Gasteiger partial charge in [-0.3, -0.25) is 9.69 Å². The van der Waals surface area contributed by atoms with Gasteiger partial charge in [-0.25, -0.2) is 4.68 Å². The second-order valence-electron chi connectivity index (χ2n) is 7.70. The van der Waals surface area contributed by atoms with E-state index in [1.807, 2.05) is 4.68 Å². The summed E-state index contributed by atoms with van der Waals surface area (Å²) in [6, 6.07) is 4.52. The number of aromatic nitrogens is 3. The molecule has 1 aliphatic heterocycles. The first-order valence-electron chi connectivity index (χ1n) is 10.2. The third kappa shape index (κ3) is 5.33. The number of likely N-dealkylation sites (tertiary alicyclic amines) is 1. The molecule has 1 aromatic carbocycles. The number of ether oxygens (including phenoxy) is 1. The van der Waals surface area contributed by atoms with Gasteiger partial charge in [-0.2, -0.15) is 0 Å². The number of rotatable bonds is 8. The number of carbonyl (C=O) groups is 1. The standard InChI is InChI=1S/C21H31N5O3/c1-15-11-20(29-3)16(2)10-17(15)12-25-8-4-6-18(13-25)26-14-19(23-24-26)21(28)22-7-5-9-27/h10-11,14,18,27H,4-9,12-13H2,1-3H3,(H,22,28)/t18-/m1/s1. The molecule has 2 aromatic rings. The highest BCUT2D eigenvalue weighted by Crippen LogP contribution is 2.26. The van der Waals surface area contributed by atoms with Crippen LogP contribution in [0.2, 0.25) is 0 Å². The molecule has 3 rings (SSSR count). The Balaban J connectivity index is 1.63. The van der Waals surface area contributed by atoms with Gasteiger partial charge >= 0.3 is 0 Å². The van der Waals surface area contributed by atoms with Crippen LogP contribution in [-0.2, 0) is 6.54 Å². The minimum Gasteiger partial charge on any atom is -0.496 e. The van der Waals surface area contributed by atoms with Crippen molar-refractivity contribution in [1.29, 1.82) is 0 Å². The van der Waals surface area contributed by atoms with Crippen LogP contribution in [0.5, 0.6) is 5.75 Å². The van der Waals surface area contributed by atoms with E-state index in [0.717, 1.165) is 43.8 Å². The Bertz CT molecular complexity index is 836. The summed E-state index contributed by atoms with van der Waals surface area (Å²) in [6.07, 6.45) is 4.36. The number of carbonyl (C=O) groups excluding carboxylic acids is 1. The highest BCUT2D eigenvalue weighted by molar-refractivity contribution is 5.91. The van der Waals surface area contributed by atoms with Crippen LogP contribution in [0, 0.1) is 13.8 Å². The number of nitrogens with zero attached hydrogens (tertiary/aromatic N) is 4. The lowest BCUT2D eigenvalue weighted by Gasteiger charge is -2.33. The Labute approximate surface area is 171 Å². The first-order chi connectivity index (χ1) is 14.0. The van der Waals surface area contributed by atoms with Crippen LogP contribution >= 0.6 is 0 Å². The smallest absolute Gasteiger partial charge is 0.273 e. The SMILES string of the molecule is COc1cc(C)c(CN2CCC[C@@H](n3cc(C(=O)NCCCO)nn3)C2)cc1C. The van der Waals surface area contributed by atoms with Gasteiger partial charge in [0.05, 0.1) is 19.3 Å². The van der Waals surface area contributed by atoms with Gasteiger partial charge in [0, 0.05) is 26.2 Å². The van der Waals surface area contributed by atoms with Crippen molar-refractivity contribution in [2.75, 3.05) is 33.4 Å². The summed E-state index contributed by atoms with van der Waals surface area (Å²) in [5.74, 6) is 0.678. The van der Waals surface area contributed by atoms with Gasteiger partial charge in [-0.05, 0) is 62.4 Å². The average molecular weight is 402 g/mol. The van der Waals surface area contributed by atoms with Crippen molar-refractivity contribution in [3.8, 4) is 5.75 Å². The van der Waals surface area contributed by atoms with Gasteiger partial charge in [0.2, 0.25) is 0 Å². The molecule has 0 radical (unpaired) electrons. The lowest BCUT2D eigenvalue weighted by atomic mass is 10.0. The van der Waals surface area contributed by atoms with Crippen LogP contribution in [0.15, 0.2) is 18.3 Å². The number of amides is 1. The highest BCUT2D eigenvalue weighted by Gasteiger charge is 2.24. The minimum atomic E-state index is -0.248. The summed E-state index contributed by atoms with van der Waals surface area (Å²) < 4.78 is 7.24. The molecule has 0 aliphatic carbocycles. The number of hydrogen-bond acceptors (Lipinski definition) is 6. The Morgan fingerprint density at radius 1 is 1.34 bits per heavy atom. The average Bonchev–Trinajstić information content (AvgIpc) is 3.21. The van der Waals surface area contributed by atoms with E-state index in [1.165, 1.54) is 11.1 Å². The fourth-order valence-corrected chi connectivity index (χ4v) is 3.80. The van der Waals surface area contributed by atoms with Crippen LogP contribution in [0.4, 0.5) is 0 Å². The van der Waals surface area contributed by atoms with Gasteiger partial charge < -0.3 is 15.2 Å². The molecule has 1 atom stereocenters. The molecule has 0 saturated carbocycles. The molecule has 1 amide bonds. The van der Waals surface area contributed by atoms with Crippen molar-refractivity contribution in [2.24, 2.45) is 0 Å². The first-order valence-corrected chi connectivity index (χ1v) is 10.2. The van der Waals surface area contributed by atoms with E-state index in [2.05, 4.69) is 46.5 Å². The molecule has 8 nitrogen and oxygen atoms in total. The van der Waals surface area contributed by atoms with Crippen LogP contribution < -0.4 is 10.1 Å². The minimum absolute atomic E-state index is 0.0536. The summed E-state index contributed by atoms with van der Waals surface area (Å²) in [5, 5.41) is 19.8. The zero-order valence-corrected chi connectivity index (χ0v) is 17.5. The summed E-state index contributed by atoms with van der Waals surface area (Å²) in [7, 11) is 1.70. The van der Waals surface area contributed by atoms with Crippen LogP contribution in [0.3, 0.4) is 0 Å². The van der Waals surface area contributed by atoms with Gasteiger partial charge in [0.1, 0.15) is 5.75 Å². The zero-order chi connectivity index (χ0) is 20.8. The van der Waals surface area contributed by atoms with E-state index < -0.39 is 0 Å². The third-order valence-electron chi connectivity index (χ3n) is 5.47. The molecule has 1 fully saturated rings. The number of nitrogens with one attached hydrogen (secondary N) is 1. The monoisotopic (exact) mass is 401 g/mol. The molecule has 1 aromatic heterocycles. The number of aryl methyl sites for hydroxylation is 2. The largest absolute Gasteiger partial charge is 0.496 e. The molecular formula is C21H31N5O3. The van der Waals surface area contributed by atoms with Gasteiger partial charge in [-0.15, -0.1) is 5.10 Å². The molecule has 2 heterocycles. The van der Waals surface area contributed by atoms with Gasteiger partial charge in [0.15, 0.2) is 5.69 Å². The number of benzene rings is 1. The highest BCUT2D eigenvalue weighted by atomic mass is 16.5. The maximum absolute atomic E-state index is 12.1. The van der Waals surface area contributed by atoms with Crippen molar-refractivity contribution in [2.45, 2.75) is 45.7 Å². The van der Waals surface area contributed by atoms with E-state index in [4.69, 9.17) is 9.84 Å². The lowest BCUT2D eigenvalue weighted by molar-refractivity contribution is 0.0946. The number of piperidine rings is 1. The molecule has 0 spiro atoms. The van der Waals surface area contributed by atoms with E-state index in [9.17, 15) is 4.79 Å². The Hall–Kier alpha value is -2.45. The summed E-state index contributed by atoms with van der Waals surface area (Å²) in [4.78, 5) is 14.5. The molecule has 2 N–H and O–H groups in total. The van der Waals surface area contributed by atoms with Gasteiger partial charge in [-0.1, -0.05) is 11.3 Å². The lowest BCUT2D eigenvalue weighted by Crippen LogP contribution is -2.36. The van der Waals surface area contributed by atoms with Crippen LogP contribution in [0.1, 0.15) is 52.5 Å². The van der Waals surface area contributed by atoms with E-state index >= 15 is 0 Å². The van der Waals surface area contributed by atoms with Crippen LogP contribution in [0.25, 0.3) is 0 Å². The number of aliphatic hydroxyl groups excluding tert-OH is 1. The normalized spacial score (nSPS) is 17.3. The zero-order valence-electron chi connectivity index (χ0n) is 17.5. The van der Waals surface area contributed by atoms with Crippen molar-refractivity contribution in [3.63, 3.8) is 0 Å². The van der Waals surface area contributed by atoms with E-state index in [1.54, 1.807) is 13.3 Å². The molecule has 0 bridgehead atoms. The van der Waals surface area contributed by atoms with Crippen molar-refractivity contribution in [1.82, 2.24) is 25.2 Å². The van der Waals surface area contributed by atoms with Crippen molar-refractivity contribution < 1.29 is 14.6 Å². The summed E-state index contributed by atoms with van der Waals surface area (Å²) in [5.41, 5.74) is 4.01.